The van der Waals surface area contributed by atoms with Crippen LogP contribution in [0.3, 0.4) is 0 Å². The number of hydrogen-bond donors (Lipinski definition) is 1. The molecule has 1 heterocycles. The maximum atomic E-state index is 12.8. The van der Waals surface area contributed by atoms with Crippen molar-refractivity contribution in [3.63, 3.8) is 0 Å². The standard InChI is InChI=1S/C14H9BrF2N2/c15-10-5-9-11(18)6-12(14(16)17)19-13(9)8-4-2-1-3-7(8)10/h1-6,14H,(H2,18,19). The van der Waals surface area contributed by atoms with E-state index in [4.69, 9.17) is 5.73 Å². The Morgan fingerprint density at radius 1 is 1.05 bits per heavy atom. The summed E-state index contributed by atoms with van der Waals surface area (Å²) in [6, 6.07) is 10.5. The van der Waals surface area contributed by atoms with Crippen molar-refractivity contribution in [2.75, 3.05) is 5.73 Å². The van der Waals surface area contributed by atoms with Gasteiger partial charge in [0.05, 0.1) is 5.52 Å². The predicted molar refractivity (Wildman–Crippen MR) is 76.3 cm³/mol. The minimum absolute atomic E-state index is 0.294. The molecule has 0 aliphatic heterocycles. The summed E-state index contributed by atoms with van der Waals surface area (Å²) < 4.78 is 26.5. The van der Waals surface area contributed by atoms with Crippen molar-refractivity contribution in [3.8, 4) is 0 Å². The van der Waals surface area contributed by atoms with E-state index in [9.17, 15) is 8.78 Å². The minimum Gasteiger partial charge on any atom is -0.398 e. The fraction of sp³-hybridized carbons (Fsp3) is 0.0714. The second-order valence-electron chi connectivity index (χ2n) is 4.24. The lowest BCUT2D eigenvalue weighted by atomic mass is 10.0. The summed E-state index contributed by atoms with van der Waals surface area (Å²) in [7, 11) is 0. The third-order valence-electron chi connectivity index (χ3n) is 3.04. The number of pyridine rings is 1. The molecule has 0 spiro atoms. The number of rotatable bonds is 1. The first-order valence-corrected chi connectivity index (χ1v) is 6.43. The number of aromatic nitrogens is 1. The smallest absolute Gasteiger partial charge is 0.280 e. The van der Waals surface area contributed by atoms with Gasteiger partial charge in [-0.3, -0.25) is 0 Å². The van der Waals surface area contributed by atoms with Crippen LogP contribution in [0.1, 0.15) is 12.1 Å². The summed E-state index contributed by atoms with van der Waals surface area (Å²) in [6.07, 6.45) is -2.63. The van der Waals surface area contributed by atoms with Gasteiger partial charge in [0, 0.05) is 20.9 Å². The highest BCUT2D eigenvalue weighted by Crippen LogP contribution is 2.35. The highest BCUT2D eigenvalue weighted by molar-refractivity contribution is 9.10. The van der Waals surface area contributed by atoms with Crippen molar-refractivity contribution in [1.29, 1.82) is 0 Å². The van der Waals surface area contributed by atoms with Gasteiger partial charge < -0.3 is 5.73 Å². The Hall–Kier alpha value is -1.75. The molecule has 0 fully saturated rings. The van der Waals surface area contributed by atoms with E-state index in [1.54, 1.807) is 0 Å². The number of alkyl halides is 2. The predicted octanol–water partition coefficient (Wildman–Crippen LogP) is 4.67. The molecule has 0 aliphatic carbocycles. The van der Waals surface area contributed by atoms with Crippen LogP contribution in [0.25, 0.3) is 21.7 Å². The Kier molecular flexibility index (Phi) is 2.86. The largest absolute Gasteiger partial charge is 0.398 e. The van der Waals surface area contributed by atoms with Crippen LogP contribution in [0.2, 0.25) is 0 Å². The number of anilines is 1. The average Bonchev–Trinajstić information content (AvgIpc) is 2.40. The second kappa shape index (κ2) is 4.42. The summed E-state index contributed by atoms with van der Waals surface area (Å²) in [6.45, 7) is 0. The first-order chi connectivity index (χ1) is 9.08. The maximum absolute atomic E-state index is 12.8. The Morgan fingerprint density at radius 2 is 1.74 bits per heavy atom. The van der Waals surface area contributed by atoms with E-state index in [0.29, 0.717) is 16.6 Å². The zero-order valence-electron chi connectivity index (χ0n) is 9.70. The number of nitrogens with zero attached hydrogens (tertiary/aromatic N) is 1. The molecule has 2 aromatic carbocycles. The van der Waals surface area contributed by atoms with Gasteiger partial charge in [-0.2, -0.15) is 0 Å². The van der Waals surface area contributed by atoms with Crippen LogP contribution in [-0.4, -0.2) is 4.98 Å². The molecule has 19 heavy (non-hydrogen) atoms. The highest BCUT2D eigenvalue weighted by Gasteiger charge is 2.14. The molecule has 5 heteroatoms. The fourth-order valence-electron chi connectivity index (χ4n) is 2.17. The number of hydrogen-bond acceptors (Lipinski definition) is 2. The first kappa shape index (κ1) is 12.3. The van der Waals surface area contributed by atoms with Crippen LogP contribution >= 0.6 is 15.9 Å². The number of benzene rings is 2. The molecule has 2 N–H and O–H groups in total. The number of nitrogens with two attached hydrogens (primary N) is 1. The third kappa shape index (κ3) is 1.94. The molecule has 0 unspecified atom stereocenters. The topological polar surface area (TPSA) is 38.9 Å². The van der Waals surface area contributed by atoms with Crippen LogP contribution in [-0.2, 0) is 0 Å². The van der Waals surface area contributed by atoms with Gasteiger partial charge in [-0.25, -0.2) is 13.8 Å². The second-order valence-corrected chi connectivity index (χ2v) is 5.09. The molecule has 0 radical (unpaired) electrons. The molecule has 0 bridgehead atoms. The lowest BCUT2D eigenvalue weighted by Gasteiger charge is -2.10. The van der Waals surface area contributed by atoms with E-state index in [2.05, 4.69) is 20.9 Å². The lowest BCUT2D eigenvalue weighted by molar-refractivity contribution is 0.146. The molecule has 0 aliphatic rings. The van der Waals surface area contributed by atoms with E-state index in [1.807, 2.05) is 30.3 Å². The quantitative estimate of drug-likeness (QED) is 0.661. The van der Waals surface area contributed by atoms with Gasteiger partial charge in [0.15, 0.2) is 0 Å². The normalized spacial score (nSPS) is 11.6. The summed E-state index contributed by atoms with van der Waals surface area (Å²) in [4.78, 5) is 4.05. The van der Waals surface area contributed by atoms with Crippen LogP contribution in [0.5, 0.6) is 0 Å². The molecular weight excluding hydrogens is 314 g/mol. The monoisotopic (exact) mass is 322 g/mol. The van der Waals surface area contributed by atoms with Crippen LogP contribution < -0.4 is 5.73 Å². The van der Waals surface area contributed by atoms with Crippen molar-refractivity contribution in [3.05, 3.63) is 46.6 Å². The third-order valence-corrected chi connectivity index (χ3v) is 3.70. The zero-order valence-corrected chi connectivity index (χ0v) is 11.3. The molecule has 96 valence electrons. The Morgan fingerprint density at radius 3 is 2.42 bits per heavy atom. The summed E-state index contributed by atoms with van der Waals surface area (Å²) in [5.74, 6) is 0. The Bertz CT molecular complexity index is 787. The van der Waals surface area contributed by atoms with Gasteiger partial charge in [-0.1, -0.05) is 40.2 Å². The van der Waals surface area contributed by atoms with Gasteiger partial charge >= 0.3 is 0 Å². The number of fused-ring (bicyclic) bond motifs is 3. The van der Waals surface area contributed by atoms with Gasteiger partial charge in [-0.05, 0) is 17.5 Å². The van der Waals surface area contributed by atoms with Crippen molar-refractivity contribution in [2.45, 2.75) is 6.43 Å². The molecule has 1 aromatic heterocycles. The average molecular weight is 323 g/mol. The van der Waals surface area contributed by atoms with Crippen LogP contribution in [0.15, 0.2) is 40.9 Å². The molecule has 2 nitrogen and oxygen atoms in total. The van der Waals surface area contributed by atoms with Crippen LogP contribution in [0.4, 0.5) is 14.5 Å². The molecule has 3 rings (SSSR count). The van der Waals surface area contributed by atoms with Gasteiger partial charge in [0.1, 0.15) is 5.69 Å². The summed E-state index contributed by atoms with van der Waals surface area (Å²) in [5.41, 5.74) is 6.39. The summed E-state index contributed by atoms with van der Waals surface area (Å²) >= 11 is 3.47. The molecule has 3 aromatic rings. The van der Waals surface area contributed by atoms with Gasteiger partial charge in [-0.15, -0.1) is 0 Å². The number of nitrogen functional groups attached to an aromatic ring is 1. The Balaban J connectivity index is 2.52. The molecule has 0 atom stereocenters. The molecule has 0 saturated heterocycles. The molecule has 0 amide bonds. The maximum Gasteiger partial charge on any atom is 0.280 e. The van der Waals surface area contributed by atoms with E-state index < -0.39 is 6.43 Å². The lowest BCUT2D eigenvalue weighted by Crippen LogP contribution is -1.97. The van der Waals surface area contributed by atoms with Crippen LogP contribution in [0, 0.1) is 0 Å². The van der Waals surface area contributed by atoms with E-state index >= 15 is 0 Å². The van der Waals surface area contributed by atoms with Crippen molar-refractivity contribution in [1.82, 2.24) is 4.98 Å². The fourth-order valence-corrected chi connectivity index (χ4v) is 2.74. The van der Waals surface area contributed by atoms with Gasteiger partial charge in [0.25, 0.3) is 6.43 Å². The van der Waals surface area contributed by atoms with Crippen molar-refractivity contribution >= 4 is 43.3 Å². The summed E-state index contributed by atoms with van der Waals surface area (Å²) in [5, 5.41) is 2.41. The van der Waals surface area contributed by atoms with Crippen molar-refractivity contribution in [2.24, 2.45) is 0 Å². The van der Waals surface area contributed by atoms with E-state index in [0.717, 1.165) is 15.2 Å². The van der Waals surface area contributed by atoms with Crippen molar-refractivity contribution < 1.29 is 8.78 Å². The van der Waals surface area contributed by atoms with E-state index in [-0.39, 0.29) is 5.69 Å². The number of halogens is 3. The minimum atomic E-state index is -2.63. The zero-order chi connectivity index (χ0) is 13.6. The first-order valence-electron chi connectivity index (χ1n) is 5.63. The van der Waals surface area contributed by atoms with Gasteiger partial charge in [0.2, 0.25) is 0 Å². The Labute approximate surface area is 116 Å². The van der Waals surface area contributed by atoms with E-state index in [1.165, 1.54) is 6.07 Å². The molecular formula is C14H9BrF2N2. The highest BCUT2D eigenvalue weighted by atomic mass is 79.9. The SMILES string of the molecule is Nc1cc(C(F)F)nc2c1cc(Br)c1ccccc12. The molecule has 0 saturated carbocycles.